The van der Waals surface area contributed by atoms with Crippen molar-refractivity contribution >= 4 is 33.3 Å². The topological polar surface area (TPSA) is 43.8 Å². The van der Waals surface area contributed by atoms with E-state index in [4.69, 9.17) is 17.3 Å². The van der Waals surface area contributed by atoms with Gasteiger partial charge >= 0.3 is 0 Å². The van der Waals surface area contributed by atoms with Crippen LogP contribution in [0.2, 0.25) is 5.02 Å². The van der Waals surface area contributed by atoms with Gasteiger partial charge in [-0.1, -0.05) is 33.6 Å². The summed E-state index contributed by atoms with van der Waals surface area (Å²) in [7, 11) is 0. The summed E-state index contributed by atoms with van der Waals surface area (Å²) in [6.07, 6.45) is 1.49. The monoisotopic (exact) mass is 317 g/mol. The highest BCUT2D eigenvalue weighted by Crippen LogP contribution is 2.30. The average molecular weight is 319 g/mol. The molecule has 0 amide bonds. The van der Waals surface area contributed by atoms with Gasteiger partial charge in [-0.15, -0.1) is 0 Å². The summed E-state index contributed by atoms with van der Waals surface area (Å²) in [5, 5.41) is 4.51. The maximum atomic E-state index is 13.0. The first-order chi connectivity index (χ1) is 8.00. The molecule has 0 aliphatic rings. The van der Waals surface area contributed by atoms with Gasteiger partial charge in [-0.3, -0.25) is 0 Å². The molecule has 0 bridgehead atoms. The molecule has 17 heavy (non-hydrogen) atoms. The largest absolute Gasteiger partial charge is 0.383 e. The van der Waals surface area contributed by atoms with Crippen molar-refractivity contribution in [2.45, 2.75) is 13.0 Å². The van der Waals surface area contributed by atoms with Crippen molar-refractivity contribution in [2.75, 3.05) is 5.73 Å². The lowest BCUT2D eigenvalue weighted by Gasteiger charge is -2.16. The summed E-state index contributed by atoms with van der Waals surface area (Å²) >= 11 is 9.17. The summed E-state index contributed by atoms with van der Waals surface area (Å²) in [6, 6.07) is 4.38. The Kier molecular flexibility index (Phi) is 3.40. The highest BCUT2D eigenvalue weighted by Gasteiger charge is 2.16. The first-order valence-electron chi connectivity index (χ1n) is 4.94. The van der Waals surface area contributed by atoms with E-state index in [9.17, 15) is 4.39 Å². The first kappa shape index (κ1) is 12.4. The number of hydrogen-bond acceptors (Lipinski definition) is 2. The molecular weight excluding hydrogens is 308 g/mol. The third-order valence-electron chi connectivity index (χ3n) is 2.57. The van der Waals surface area contributed by atoms with Crippen LogP contribution in [-0.2, 0) is 0 Å². The minimum Gasteiger partial charge on any atom is -0.383 e. The van der Waals surface area contributed by atoms with E-state index in [1.807, 2.05) is 6.92 Å². The van der Waals surface area contributed by atoms with E-state index in [1.54, 1.807) is 10.7 Å². The molecule has 3 nitrogen and oxygen atoms in total. The van der Waals surface area contributed by atoms with Crippen LogP contribution in [0.1, 0.15) is 18.5 Å². The molecule has 0 radical (unpaired) electrons. The number of benzene rings is 1. The summed E-state index contributed by atoms with van der Waals surface area (Å²) in [5.74, 6) is 0.106. The summed E-state index contributed by atoms with van der Waals surface area (Å²) < 4.78 is 15.3. The zero-order valence-corrected chi connectivity index (χ0v) is 11.3. The highest BCUT2D eigenvalue weighted by atomic mass is 79.9. The van der Waals surface area contributed by atoms with Crippen molar-refractivity contribution in [3.8, 4) is 0 Å². The van der Waals surface area contributed by atoms with Crippen LogP contribution >= 0.6 is 27.5 Å². The predicted octanol–water partition coefficient (Wildman–Crippen LogP) is 3.63. The minimum atomic E-state index is -0.292. The number of nitrogens with zero attached hydrogens (tertiary/aromatic N) is 2. The molecule has 0 saturated heterocycles. The van der Waals surface area contributed by atoms with Crippen LogP contribution in [0.4, 0.5) is 10.2 Å². The van der Waals surface area contributed by atoms with E-state index >= 15 is 0 Å². The van der Waals surface area contributed by atoms with E-state index in [0.717, 1.165) is 5.56 Å². The number of nitrogens with two attached hydrogens (primary N) is 1. The molecule has 1 heterocycles. The molecule has 0 fully saturated rings. The van der Waals surface area contributed by atoms with E-state index in [2.05, 4.69) is 21.0 Å². The van der Waals surface area contributed by atoms with Gasteiger partial charge < -0.3 is 5.73 Å². The van der Waals surface area contributed by atoms with Gasteiger partial charge in [0, 0.05) is 4.47 Å². The Labute approximate surface area is 112 Å². The standard InChI is InChI=1S/C11H10BrClFN3/c1-6(17-11(15)10(13)5-16-17)8-3-2-7(14)4-9(8)12/h2-6H,15H2,1H3. The Balaban J connectivity index is 2.43. The Morgan fingerprint density at radius 3 is 2.76 bits per heavy atom. The Bertz CT molecular complexity index is 556. The normalized spacial score (nSPS) is 12.7. The second-order valence-corrected chi connectivity index (χ2v) is 4.93. The minimum absolute atomic E-state index is 0.127. The van der Waals surface area contributed by atoms with Gasteiger partial charge in [0.1, 0.15) is 16.7 Å². The summed E-state index contributed by atoms with van der Waals surface area (Å²) in [5.41, 5.74) is 6.69. The van der Waals surface area contributed by atoms with Crippen molar-refractivity contribution in [3.63, 3.8) is 0 Å². The molecule has 1 aromatic heterocycles. The van der Waals surface area contributed by atoms with Crippen molar-refractivity contribution < 1.29 is 4.39 Å². The second-order valence-electron chi connectivity index (χ2n) is 3.66. The molecule has 2 rings (SSSR count). The lowest BCUT2D eigenvalue weighted by Crippen LogP contribution is -2.12. The van der Waals surface area contributed by atoms with Crippen molar-refractivity contribution in [3.05, 3.63) is 45.3 Å². The smallest absolute Gasteiger partial charge is 0.141 e. The number of hydrogen-bond donors (Lipinski definition) is 1. The van der Waals surface area contributed by atoms with Gasteiger partial charge in [-0.05, 0) is 24.6 Å². The Morgan fingerprint density at radius 1 is 1.53 bits per heavy atom. The van der Waals surface area contributed by atoms with Crippen LogP contribution in [0.25, 0.3) is 0 Å². The fourth-order valence-electron chi connectivity index (χ4n) is 1.63. The number of aromatic nitrogens is 2. The molecule has 0 aliphatic heterocycles. The van der Waals surface area contributed by atoms with Crippen LogP contribution in [0.15, 0.2) is 28.9 Å². The van der Waals surface area contributed by atoms with Crippen LogP contribution in [0, 0.1) is 5.82 Å². The quantitative estimate of drug-likeness (QED) is 0.919. The molecule has 0 spiro atoms. The number of halogens is 3. The zero-order valence-electron chi connectivity index (χ0n) is 8.99. The lowest BCUT2D eigenvalue weighted by molar-refractivity contribution is 0.567. The van der Waals surface area contributed by atoms with Crippen molar-refractivity contribution in [2.24, 2.45) is 0 Å². The molecule has 1 unspecified atom stereocenters. The van der Waals surface area contributed by atoms with Gasteiger partial charge in [-0.25, -0.2) is 9.07 Å². The van der Waals surface area contributed by atoms with E-state index in [0.29, 0.717) is 15.3 Å². The Morgan fingerprint density at radius 2 is 2.24 bits per heavy atom. The maximum Gasteiger partial charge on any atom is 0.141 e. The van der Waals surface area contributed by atoms with Crippen LogP contribution < -0.4 is 5.73 Å². The molecule has 1 atom stereocenters. The zero-order chi connectivity index (χ0) is 12.6. The first-order valence-corrected chi connectivity index (χ1v) is 6.11. The van der Waals surface area contributed by atoms with Crippen molar-refractivity contribution in [1.82, 2.24) is 9.78 Å². The summed E-state index contributed by atoms with van der Waals surface area (Å²) in [6.45, 7) is 1.91. The third-order valence-corrected chi connectivity index (χ3v) is 3.54. The number of anilines is 1. The van der Waals surface area contributed by atoms with E-state index in [1.165, 1.54) is 18.3 Å². The van der Waals surface area contributed by atoms with Gasteiger partial charge in [0.05, 0.1) is 12.2 Å². The van der Waals surface area contributed by atoms with Crippen molar-refractivity contribution in [1.29, 1.82) is 0 Å². The van der Waals surface area contributed by atoms with Gasteiger partial charge in [0.25, 0.3) is 0 Å². The van der Waals surface area contributed by atoms with Crippen LogP contribution in [-0.4, -0.2) is 9.78 Å². The van der Waals surface area contributed by atoms with Crippen LogP contribution in [0.5, 0.6) is 0 Å². The van der Waals surface area contributed by atoms with Gasteiger partial charge in [-0.2, -0.15) is 5.10 Å². The summed E-state index contributed by atoms with van der Waals surface area (Å²) in [4.78, 5) is 0. The molecule has 0 saturated carbocycles. The highest BCUT2D eigenvalue weighted by molar-refractivity contribution is 9.10. The van der Waals surface area contributed by atoms with Crippen LogP contribution in [0.3, 0.4) is 0 Å². The number of rotatable bonds is 2. The molecule has 2 aromatic rings. The molecule has 2 N–H and O–H groups in total. The SMILES string of the molecule is CC(c1ccc(F)cc1Br)n1ncc(Cl)c1N. The number of nitrogen functional groups attached to an aromatic ring is 1. The molecular formula is C11H10BrClFN3. The maximum absolute atomic E-state index is 13.0. The average Bonchev–Trinajstić information content (AvgIpc) is 2.59. The molecule has 1 aromatic carbocycles. The molecule has 0 aliphatic carbocycles. The van der Waals surface area contributed by atoms with E-state index < -0.39 is 0 Å². The molecule has 6 heteroatoms. The fraction of sp³-hybridized carbons (Fsp3) is 0.182. The van der Waals surface area contributed by atoms with Gasteiger partial charge in [0.2, 0.25) is 0 Å². The predicted molar refractivity (Wildman–Crippen MR) is 69.6 cm³/mol. The fourth-order valence-corrected chi connectivity index (χ4v) is 2.44. The van der Waals surface area contributed by atoms with Gasteiger partial charge in [0.15, 0.2) is 0 Å². The Hall–Kier alpha value is -1.07. The third kappa shape index (κ3) is 2.30. The second kappa shape index (κ2) is 4.66. The lowest BCUT2D eigenvalue weighted by atomic mass is 10.1. The van der Waals surface area contributed by atoms with E-state index in [-0.39, 0.29) is 11.9 Å². The molecule has 90 valence electrons.